The number of rotatable bonds is 13. The van der Waals surface area contributed by atoms with Crippen molar-refractivity contribution >= 4 is 51.2 Å². The molecule has 1 aliphatic rings. The van der Waals surface area contributed by atoms with Gasteiger partial charge in [0.05, 0.1) is 17.3 Å². The van der Waals surface area contributed by atoms with Crippen LogP contribution in [0.5, 0.6) is 5.75 Å². The average Bonchev–Trinajstić information content (AvgIpc) is 3.49. The van der Waals surface area contributed by atoms with Crippen molar-refractivity contribution < 1.29 is 27.4 Å². The highest BCUT2D eigenvalue weighted by molar-refractivity contribution is 14.1. The molecule has 0 saturated carbocycles. The Hall–Kier alpha value is -0.660. The Morgan fingerprint density at radius 2 is 1.53 bits per heavy atom. The summed E-state index contributed by atoms with van der Waals surface area (Å²) in [4.78, 5) is 11.0. The smallest absolute Gasteiger partial charge is 0.442 e. The van der Waals surface area contributed by atoms with Crippen LogP contribution in [0.25, 0.3) is 0 Å². The van der Waals surface area contributed by atoms with E-state index in [0.717, 1.165) is 54.9 Å². The minimum Gasteiger partial charge on any atom is -0.492 e. The van der Waals surface area contributed by atoms with Crippen LogP contribution in [0.15, 0.2) is 22.4 Å². The average molecular weight is 652 g/mol. The van der Waals surface area contributed by atoms with Gasteiger partial charge in [0.1, 0.15) is 5.75 Å². The van der Waals surface area contributed by atoms with E-state index in [-0.39, 0.29) is 11.5 Å². The largest absolute Gasteiger partial charge is 0.492 e. The summed E-state index contributed by atoms with van der Waals surface area (Å²) in [6.07, 6.45) is 4.14. The molecule has 0 aliphatic carbocycles. The second-order valence-corrected chi connectivity index (χ2v) is 9.46. The van der Waals surface area contributed by atoms with Gasteiger partial charge in [-0.3, -0.25) is 4.79 Å². The molecule has 0 amide bonds. The van der Waals surface area contributed by atoms with E-state index in [1.165, 1.54) is 13.2 Å². The lowest BCUT2D eigenvalue weighted by atomic mass is 10.0. The van der Waals surface area contributed by atoms with Crippen LogP contribution >= 0.6 is 45.2 Å². The summed E-state index contributed by atoms with van der Waals surface area (Å²) in [5.74, 6) is 0.289. The van der Waals surface area contributed by atoms with Gasteiger partial charge in [0.25, 0.3) is 0 Å². The van der Waals surface area contributed by atoms with Crippen LogP contribution in [0, 0.1) is 7.14 Å². The summed E-state index contributed by atoms with van der Waals surface area (Å²) < 4.78 is 51.5. The van der Waals surface area contributed by atoms with Crippen molar-refractivity contribution in [3.63, 3.8) is 0 Å². The third-order valence-electron chi connectivity index (χ3n) is 4.85. The quantitative estimate of drug-likeness (QED) is 0.129. The SMILES string of the molecule is COC(=O)CCCCCCCCCCOc1cc(C2(C(F)(F)F)N=N2)c(I)cc1I. The van der Waals surface area contributed by atoms with E-state index in [1.807, 2.05) is 22.6 Å². The number of hydrogen-bond acceptors (Lipinski definition) is 5. The Labute approximate surface area is 201 Å². The van der Waals surface area contributed by atoms with E-state index < -0.39 is 11.8 Å². The van der Waals surface area contributed by atoms with Gasteiger partial charge in [-0.1, -0.05) is 38.5 Å². The van der Waals surface area contributed by atoms with E-state index in [0.29, 0.717) is 22.3 Å². The maximum Gasteiger partial charge on any atom is 0.442 e. The number of ether oxygens (including phenoxy) is 2. The first-order valence-corrected chi connectivity index (χ1v) is 12.1. The first kappa shape index (κ1) is 25.6. The molecule has 168 valence electrons. The number of nitrogens with zero attached hydrogens (tertiary/aromatic N) is 2. The lowest BCUT2D eigenvalue weighted by Crippen LogP contribution is -2.31. The Balaban J connectivity index is 1.66. The van der Waals surface area contributed by atoms with Crippen LogP contribution in [-0.4, -0.2) is 25.9 Å². The molecule has 1 aromatic carbocycles. The molecule has 0 spiro atoms. The van der Waals surface area contributed by atoms with Crippen LogP contribution in [0.4, 0.5) is 13.2 Å². The third kappa shape index (κ3) is 7.20. The maximum absolute atomic E-state index is 13.3. The number of carbonyl (C=O) groups is 1. The predicted octanol–water partition coefficient (Wildman–Crippen LogP) is 7.14. The fourth-order valence-corrected chi connectivity index (χ4v) is 5.11. The molecule has 5 nitrogen and oxygen atoms in total. The second-order valence-electron chi connectivity index (χ2n) is 7.14. The second kappa shape index (κ2) is 11.8. The van der Waals surface area contributed by atoms with Crippen molar-refractivity contribution in [1.82, 2.24) is 0 Å². The first-order chi connectivity index (χ1) is 14.2. The molecule has 2 rings (SSSR count). The number of benzene rings is 1. The number of alkyl halides is 3. The fraction of sp³-hybridized carbons (Fsp3) is 0.650. The van der Waals surface area contributed by atoms with Crippen LogP contribution in [0.1, 0.15) is 63.4 Å². The number of esters is 1. The van der Waals surface area contributed by atoms with Gasteiger partial charge in [-0.2, -0.15) is 13.2 Å². The van der Waals surface area contributed by atoms with Crippen molar-refractivity contribution in [3.8, 4) is 5.75 Å². The number of methoxy groups -OCH3 is 1. The summed E-state index contributed by atoms with van der Waals surface area (Å²) in [6.45, 7) is 0.461. The van der Waals surface area contributed by atoms with Crippen molar-refractivity contribution in [2.24, 2.45) is 10.2 Å². The van der Waals surface area contributed by atoms with E-state index in [1.54, 1.807) is 6.07 Å². The van der Waals surface area contributed by atoms with Crippen LogP contribution in [0.3, 0.4) is 0 Å². The highest BCUT2D eigenvalue weighted by atomic mass is 127. The predicted molar refractivity (Wildman–Crippen MR) is 124 cm³/mol. The van der Waals surface area contributed by atoms with Crippen molar-refractivity contribution in [2.75, 3.05) is 13.7 Å². The molecule has 0 bridgehead atoms. The first-order valence-electron chi connectivity index (χ1n) is 9.91. The number of hydrogen-bond donors (Lipinski definition) is 0. The van der Waals surface area contributed by atoms with E-state index in [4.69, 9.17) is 4.74 Å². The minimum atomic E-state index is -4.55. The minimum absolute atomic E-state index is 0.0261. The lowest BCUT2D eigenvalue weighted by Gasteiger charge is -2.18. The Morgan fingerprint density at radius 1 is 0.967 bits per heavy atom. The van der Waals surface area contributed by atoms with Gasteiger partial charge in [0, 0.05) is 15.6 Å². The normalized spacial score (nSPS) is 14.6. The zero-order valence-electron chi connectivity index (χ0n) is 16.7. The maximum atomic E-state index is 13.3. The molecular weight excluding hydrogens is 627 g/mol. The highest BCUT2D eigenvalue weighted by Crippen LogP contribution is 2.54. The molecular formula is C20H25F3I2N2O3. The zero-order chi connectivity index (χ0) is 22.2. The van der Waals surface area contributed by atoms with Gasteiger partial charge in [0.15, 0.2) is 0 Å². The molecule has 0 N–H and O–H groups in total. The molecule has 10 heteroatoms. The summed E-state index contributed by atoms with van der Waals surface area (Å²) in [5, 5.41) is 6.58. The Morgan fingerprint density at radius 3 is 2.07 bits per heavy atom. The van der Waals surface area contributed by atoms with Crippen LogP contribution < -0.4 is 4.74 Å². The fourth-order valence-electron chi connectivity index (χ4n) is 3.05. The molecule has 1 heterocycles. The number of halogens is 5. The number of carbonyl (C=O) groups excluding carboxylic acids is 1. The molecule has 0 fully saturated rings. The Kier molecular flexibility index (Phi) is 10.1. The van der Waals surface area contributed by atoms with Crippen LogP contribution in [-0.2, 0) is 15.2 Å². The monoisotopic (exact) mass is 652 g/mol. The standard InChI is InChI=1S/C20H25F3I2N2O3/c1-29-18(28)10-8-6-4-2-3-5-7-9-11-30-17-12-14(15(24)13-16(17)25)19(26-27-19)20(21,22)23/h12-13H,2-11H2,1H3. The van der Waals surface area contributed by atoms with Gasteiger partial charge in [-0.15, -0.1) is 10.2 Å². The van der Waals surface area contributed by atoms with Crippen molar-refractivity contribution in [2.45, 2.75) is 69.6 Å². The highest BCUT2D eigenvalue weighted by Gasteiger charge is 2.66. The summed E-state index contributed by atoms with van der Waals surface area (Å²) in [6, 6.07) is 3.09. The van der Waals surface area contributed by atoms with Gasteiger partial charge in [0.2, 0.25) is 0 Å². The molecule has 0 aromatic heterocycles. The molecule has 1 aromatic rings. The van der Waals surface area contributed by atoms with Crippen molar-refractivity contribution in [3.05, 3.63) is 24.8 Å². The molecule has 0 unspecified atom stereocenters. The molecule has 0 atom stereocenters. The van der Waals surface area contributed by atoms with Crippen molar-refractivity contribution in [1.29, 1.82) is 0 Å². The molecule has 0 radical (unpaired) electrons. The molecule has 0 saturated heterocycles. The van der Waals surface area contributed by atoms with Gasteiger partial charge in [-0.25, -0.2) is 0 Å². The summed E-state index contributed by atoms with van der Waals surface area (Å²) >= 11 is 3.95. The number of unbranched alkanes of at least 4 members (excludes halogenated alkanes) is 7. The summed E-state index contributed by atoms with van der Waals surface area (Å²) in [5.41, 5.74) is -2.40. The van der Waals surface area contributed by atoms with Crippen LogP contribution in [0.2, 0.25) is 0 Å². The Bertz CT molecular complexity index is 752. The van der Waals surface area contributed by atoms with E-state index in [2.05, 4.69) is 37.6 Å². The molecule has 1 aliphatic heterocycles. The topological polar surface area (TPSA) is 60.2 Å². The molecule has 30 heavy (non-hydrogen) atoms. The van der Waals surface area contributed by atoms with Gasteiger partial charge in [-0.05, 0) is 70.2 Å². The van der Waals surface area contributed by atoms with E-state index in [9.17, 15) is 18.0 Å². The van der Waals surface area contributed by atoms with Gasteiger partial charge >= 0.3 is 17.8 Å². The third-order valence-corrected chi connectivity index (χ3v) is 6.59. The summed E-state index contributed by atoms with van der Waals surface area (Å²) in [7, 11) is 1.40. The van der Waals surface area contributed by atoms with E-state index >= 15 is 0 Å². The zero-order valence-corrected chi connectivity index (χ0v) is 21.0. The lowest BCUT2D eigenvalue weighted by molar-refractivity contribution is -0.166. The van der Waals surface area contributed by atoms with Gasteiger partial charge < -0.3 is 9.47 Å².